The molecule has 2 amide bonds. The maximum absolute atomic E-state index is 13.9. The molecule has 0 radical (unpaired) electrons. The summed E-state index contributed by atoms with van der Waals surface area (Å²) in [4.78, 5) is 14.0. The third-order valence-electron chi connectivity index (χ3n) is 5.18. The summed E-state index contributed by atoms with van der Waals surface area (Å²) < 4.78 is 93.7. The summed E-state index contributed by atoms with van der Waals surface area (Å²) in [5, 5.41) is 5.70. The lowest BCUT2D eigenvalue weighted by molar-refractivity contribution is -0.359. The maximum atomic E-state index is 13.9. The Balaban J connectivity index is 1.72. The zero-order valence-electron chi connectivity index (χ0n) is 18.4. The van der Waals surface area contributed by atoms with E-state index in [9.17, 15) is 35.5 Å². The van der Waals surface area contributed by atoms with Crippen molar-refractivity contribution in [1.82, 2.24) is 9.47 Å². The molecule has 0 saturated carbocycles. The lowest BCUT2D eigenvalue weighted by Gasteiger charge is -2.28. The fraction of sp³-hybridized carbons (Fsp3) is 0.318. The highest BCUT2D eigenvalue weighted by atomic mass is 32.1. The van der Waals surface area contributed by atoms with E-state index in [1.54, 1.807) is 12.1 Å². The SMILES string of the molecule is CN(C)CCn1ccc2cc(NC(=O)Nc3ccc(C(F)(F)C(F)(F)C(F)(F)F)cc3S)ccc21. The Kier molecular flexibility index (Phi) is 7.32. The molecule has 1 aromatic heterocycles. The van der Waals surface area contributed by atoms with Gasteiger partial charge in [-0.15, -0.1) is 12.6 Å². The van der Waals surface area contributed by atoms with Crippen molar-refractivity contribution in [3.05, 3.63) is 54.2 Å². The molecule has 13 heteroatoms. The summed E-state index contributed by atoms with van der Waals surface area (Å²) in [6.45, 7) is 1.59. The van der Waals surface area contributed by atoms with Gasteiger partial charge in [-0.05, 0) is 50.5 Å². The predicted molar refractivity (Wildman–Crippen MR) is 122 cm³/mol. The number of likely N-dealkylation sites (N-methyl/N-ethyl adjacent to an activating group) is 1. The molecule has 190 valence electrons. The zero-order chi connectivity index (χ0) is 26.2. The van der Waals surface area contributed by atoms with Gasteiger partial charge in [0.2, 0.25) is 0 Å². The minimum atomic E-state index is -6.46. The molecule has 1 heterocycles. The van der Waals surface area contributed by atoms with Gasteiger partial charge in [0.1, 0.15) is 0 Å². The van der Waals surface area contributed by atoms with Crippen LogP contribution in [0.2, 0.25) is 0 Å². The third kappa shape index (κ3) is 5.50. The standard InChI is InChI=1S/C22H21F7N4OS/c1-32(2)9-10-33-8-7-13-11-15(4-6-17(13)33)30-19(34)31-16-5-3-14(12-18(16)35)20(23,24)21(25,26)22(27,28)29/h3-8,11-12,35H,9-10H2,1-2H3,(H2,30,31,34). The number of benzene rings is 2. The Morgan fingerprint density at radius 3 is 2.26 bits per heavy atom. The number of thiol groups is 1. The van der Waals surface area contributed by atoms with Crippen molar-refractivity contribution >= 4 is 40.9 Å². The van der Waals surface area contributed by atoms with Crippen molar-refractivity contribution in [3.63, 3.8) is 0 Å². The van der Waals surface area contributed by atoms with E-state index in [1.165, 1.54) is 0 Å². The first-order valence-electron chi connectivity index (χ1n) is 10.1. The van der Waals surface area contributed by atoms with Gasteiger partial charge in [0, 0.05) is 46.3 Å². The summed E-state index contributed by atoms with van der Waals surface area (Å²) in [7, 11) is 3.92. The summed E-state index contributed by atoms with van der Waals surface area (Å²) in [6.07, 6.45) is -4.55. The highest BCUT2D eigenvalue weighted by Gasteiger charge is 2.73. The number of nitrogens with one attached hydrogen (secondary N) is 2. The number of carbonyl (C=O) groups is 1. The summed E-state index contributed by atoms with van der Waals surface area (Å²) >= 11 is 3.85. The smallest absolute Gasteiger partial charge is 0.346 e. The van der Waals surface area contributed by atoms with E-state index in [1.807, 2.05) is 41.9 Å². The second-order valence-electron chi connectivity index (χ2n) is 8.04. The van der Waals surface area contributed by atoms with E-state index in [0.29, 0.717) is 17.8 Å². The molecule has 35 heavy (non-hydrogen) atoms. The third-order valence-corrected chi connectivity index (χ3v) is 5.55. The van der Waals surface area contributed by atoms with Crippen LogP contribution in [0.15, 0.2) is 53.6 Å². The number of alkyl halides is 7. The van der Waals surface area contributed by atoms with E-state index in [0.717, 1.165) is 30.1 Å². The fourth-order valence-electron chi connectivity index (χ4n) is 3.26. The van der Waals surface area contributed by atoms with Crippen LogP contribution >= 0.6 is 12.6 Å². The van der Waals surface area contributed by atoms with Gasteiger partial charge in [-0.2, -0.15) is 30.7 Å². The molecule has 0 aliphatic carbocycles. The van der Waals surface area contributed by atoms with Crippen LogP contribution in [0.5, 0.6) is 0 Å². The number of amides is 2. The number of anilines is 2. The quantitative estimate of drug-likeness (QED) is 0.248. The van der Waals surface area contributed by atoms with Gasteiger partial charge in [-0.3, -0.25) is 0 Å². The van der Waals surface area contributed by atoms with Crippen molar-refractivity contribution in [1.29, 1.82) is 0 Å². The molecule has 0 fully saturated rings. The van der Waals surface area contributed by atoms with Gasteiger partial charge in [0.05, 0.1) is 5.69 Å². The Morgan fingerprint density at radius 1 is 0.971 bits per heavy atom. The molecule has 0 atom stereocenters. The van der Waals surface area contributed by atoms with Gasteiger partial charge in [0.15, 0.2) is 0 Å². The van der Waals surface area contributed by atoms with Crippen LogP contribution in [-0.2, 0) is 12.5 Å². The summed E-state index contributed by atoms with van der Waals surface area (Å²) in [6, 6.07) is 7.73. The first-order chi connectivity index (χ1) is 16.1. The number of nitrogens with zero attached hydrogens (tertiary/aromatic N) is 2. The van der Waals surface area contributed by atoms with Crippen molar-refractivity contribution in [2.45, 2.75) is 29.5 Å². The average molecular weight is 522 g/mol. The lowest BCUT2D eigenvalue weighted by Crippen LogP contribution is -2.50. The van der Waals surface area contributed by atoms with Crippen molar-refractivity contribution in [2.24, 2.45) is 0 Å². The Labute approximate surface area is 201 Å². The lowest BCUT2D eigenvalue weighted by atomic mass is 10.0. The largest absolute Gasteiger partial charge is 0.460 e. The number of aromatic nitrogens is 1. The van der Waals surface area contributed by atoms with Gasteiger partial charge >= 0.3 is 24.1 Å². The number of rotatable bonds is 7. The predicted octanol–water partition coefficient (Wildman–Crippen LogP) is 6.43. The Bertz CT molecular complexity index is 1220. The fourth-order valence-corrected chi connectivity index (χ4v) is 3.53. The van der Waals surface area contributed by atoms with E-state index >= 15 is 0 Å². The molecular weight excluding hydrogens is 501 g/mol. The monoisotopic (exact) mass is 522 g/mol. The van der Waals surface area contributed by atoms with E-state index in [-0.39, 0.29) is 5.69 Å². The molecule has 3 rings (SSSR count). The van der Waals surface area contributed by atoms with Gasteiger partial charge in [0.25, 0.3) is 0 Å². The molecule has 0 aliphatic rings. The summed E-state index contributed by atoms with van der Waals surface area (Å²) in [5.41, 5.74) is -0.409. The first-order valence-corrected chi connectivity index (χ1v) is 10.6. The number of hydrogen-bond donors (Lipinski definition) is 3. The van der Waals surface area contributed by atoms with Crippen LogP contribution in [0.4, 0.5) is 46.9 Å². The first kappa shape index (κ1) is 26.7. The number of halogens is 7. The van der Waals surface area contributed by atoms with Crippen molar-refractivity contribution in [2.75, 3.05) is 31.3 Å². The van der Waals surface area contributed by atoms with Crippen molar-refractivity contribution < 1.29 is 35.5 Å². The number of hydrogen-bond acceptors (Lipinski definition) is 3. The molecule has 2 N–H and O–H groups in total. The molecule has 0 aliphatic heterocycles. The number of carbonyl (C=O) groups excluding carboxylic acids is 1. The van der Waals surface area contributed by atoms with Crippen LogP contribution in [0.25, 0.3) is 10.9 Å². The van der Waals surface area contributed by atoms with Crippen LogP contribution in [-0.4, -0.2) is 48.2 Å². The van der Waals surface area contributed by atoms with Crippen LogP contribution in [0, 0.1) is 0 Å². The summed E-state index contributed by atoms with van der Waals surface area (Å²) in [5.74, 6) is -11.8. The number of urea groups is 1. The van der Waals surface area contributed by atoms with Gasteiger partial charge in [-0.1, -0.05) is 6.07 Å². The molecule has 0 saturated heterocycles. The van der Waals surface area contributed by atoms with Gasteiger partial charge < -0.3 is 20.1 Å². The maximum Gasteiger partial charge on any atom is 0.460 e. The number of fused-ring (bicyclic) bond motifs is 1. The molecule has 2 aromatic carbocycles. The molecular formula is C22H21F7N4OS. The second-order valence-corrected chi connectivity index (χ2v) is 8.53. The topological polar surface area (TPSA) is 49.3 Å². The van der Waals surface area contributed by atoms with Gasteiger partial charge in [-0.25, -0.2) is 4.79 Å². The van der Waals surface area contributed by atoms with E-state index in [4.69, 9.17) is 0 Å². The van der Waals surface area contributed by atoms with Crippen LogP contribution in [0.1, 0.15) is 5.56 Å². The molecule has 0 unspecified atom stereocenters. The van der Waals surface area contributed by atoms with E-state index in [2.05, 4.69) is 23.3 Å². The normalized spacial score (nSPS) is 12.9. The Hall–Kier alpha value is -2.93. The average Bonchev–Trinajstić information content (AvgIpc) is 3.14. The highest BCUT2D eigenvalue weighted by molar-refractivity contribution is 7.80. The molecule has 0 spiro atoms. The minimum absolute atomic E-state index is 0.170. The van der Waals surface area contributed by atoms with E-state index < -0.39 is 34.5 Å². The zero-order valence-corrected chi connectivity index (χ0v) is 19.3. The molecule has 0 bridgehead atoms. The molecule has 3 aromatic rings. The van der Waals surface area contributed by atoms with Crippen LogP contribution in [0.3, 0.4) is 0 Å². The highest BCUT2D eigenvalue weighted by Crippen LogP contribution is 2.52. The molecule has 5 nitrogen and oxygen atoms in total. The van der Waals surface area contributed by atoms with Crippen molar-refractivity contribution in [3.8, 4) is 0 Å². The minimum Gasteiger partial charge on any atom is -0.346 e. The second kappa shape index (κ2) is 9.61. The van der Waals surface area contributed by atoms with Crippen LogP contribution < -0.4 is 10.6 Å². The Morgan fingerprint density at radius 2 is 1.66 bits per heavy atom.